The van der Waals surface area contributed by atoms with E-state index in [2.05, 4.69) is 55.5 Å². The molecule has 0 bridgehead atoms. The average molecular weight is 289 g/mol. The van der Waals surface area contributed by atoms with E-state index in [1.165, 1.54) is 21.0 Å². The minimum Gasteiger partial charge on any atom is -0.313 e. The summed E-state index contributed by atoms with van der Waals surface area (Å²) in [7, 11) is 2.02. The van der Waals surface area contributed by atoms with Crippen LogP contribution in [0.5, 0.6) is 0 Å². The molecule has 3 nitrogen and oxygen atoms in total. The molecule has 108 valence electrons. The van der Waals surface area contributed by atoms with Gasteiger partial charge in [0.05, 0.1) is 5.69 Å². The van der Waals surface area contributed by atoms with Gasteiger partial charge in [0.25, 0.3) is 0 Å². The zero-order valence-corrected chi connectivity index (χ0v) is 13.5. The van der Waals surface area contributed by atoms with Crippen molar-refractivity contribution in [2.24, 2.45) is 7.05 Å². The van der Waals surface area contributed by atoms with Crippen LogP contribution in [-0.2, 0) is 13.6 Å². The normalized spacial score (nSPS) is 11.0. The molecule has 2 aromatic rings. The monoisotopic (exact) mass is 289 g/mol. The lowest BCUT2D eigenvalue weighted by atomic mass is 10.2. The Labute approximate surface area is 125 Å². The molecule has 0 aliphatic carbocycles. The van der Waals surface area contributed by atoms with Crippen molar-refractivity contribution in [3.63, 3.8) is 0 Å². The Bertz CT molecular complexity index is 575. The zero-order valence-electron chi connectivity index (χ0n) is 12.7. The maximum Gasteiger partial charge on any atom is 0.103 e. The third-order valence-electron chi connectivity index (χ3n) is 3.32. The summed E-state index contributed by atoms with van der Waals surface area (Å²) < 4.78 is 2.00. The summed E-state index contributed by atoms with van der Waals surface area (Å²) >= 11 is 1.81. The van der Waals surface area contributed by atoms with E-state index in [0.717, 1.165) is 25.2 Å². The Morgan fingerprint density at radius 3 is 2.70 bits per heavy atom. The molecule has 2 rings (SSSR count). The summed E-state index contributed by atoms with van der Waals surface area (Å²) in [6.45, 7) is 8.36. The van der Waals surface area contributed by atoms with Crippen molar-refractivity contribution in [1.82, 2.24) is 15.1 Å². The van der Waals surface area contributed by atoms with Crippen molar-refractivity contribution in [2.45, 2.75) is 43.7 Å². The molecule has 0 saturated heterocycles. The number of aryl methyl sites for hydroxylation is 3. The minimum absolute atomic E-state index is 0.891. The van der Waals surface area contributed by atoms with Gasteiger partial charge in [-0.1, -0.05) is 36.9 Å². The fourth-order valence-electron chi connectivity index (χ4n) is 2.18. The van der Waals surface area contributed by atoms with Crippen LogP contribution in [0.15, 0.2) is 34.2 Å². The largest absolute Gasteiger partial charge is 0.313 e. The lowest BCUT2D eigenvalue weighted by molar-refractivity contribution is 0.653. The van der Waals surface area contributed by atoms with Gasteiger partial charge < -0.3 is 5.32 Å². The maximum atomic E-state index is 4.57. The quantitative estimate of drug-likeness (QED) is 0.823. The summed E-state index contributed by atoms with van der Waals surface area (Å²) in [6.07, 6.45) is 1.15. The van der Waals surface area contributed by atoms with E-state index in [-0.39, 0.29) is 0 Å². The van der Waals surface area contributed by atoms with Crippen LogP contribution < -0.4 is 5.32 Å². The van der Waals surface area contributed by atoms with Crippen molar-refractivity contribution in [1.29, 1.82) is 0 Å². The second-order valence-electron chi connectivity index (χ2n) is 5.04. The molecule has 0 saturated carbocycles. The molecular formula is C16H23N3S. The molecule has 1 heterocycles. The summed E-state index contributed by atoms with van der Waals surface area (Å²) in [5.41, 5.74) is 3.74. The molecule has 1 aromatic heterocycles. The Hall–Kier alpha value is -1.26. The second kappa shape index (κ2) is 6.95. The van der Waals surface area contributed by atoms with Crippen LogP contribution in [0.3, 0.4) is 0 Å². The molecule has 0 fully saturated rings. The van der Waals surface area contributed by atoms with Gasteiger partial charge in [0, 0.05) is 24.1 Å². The van der Waals surface area contributed by atoms with Crippen LogP contribution in [-0.4, -0.2) is 16.3 Å². The second-order valence-corrected chi connectivity index (χ2v) is 6.07. The first-order valence-electron chi connectivity index (χ1n) is 7.10. The third-order valence-corrected chi connectivity index (χ3v) is 4.70. The molecule has 0 aliphatic rings. The van der Waals surface area contributed by atoms with E-state index in [4.69, 9.17) is 0 Å². The predicted molar refractivity (Wildman–Crippen MR) is 85.2 cm³/mol. The van der Waals surface area contributed by atoms with Crippen LogP contribution in [0, 0.1) is 13.8 Å². The number of rotatable bonds is 6. The summed E-state index contributed by atoms with van der Waals surface area (Å²) in [6, 6.07) is 8.50. The van der Waals surface area contributed by atoms with E-state index < -0.39 is 0 Å². The van der Waals surface area contributed by atoms with Gasteiger partial charge in [0.1, 0.15) is 5.03 Å². The lowest BCUT2D eigenvalue weighted by Crippen LogP contribution is -2.14. The van der Waals surface area contributed by atoms with Gasteiger partial charge in [0.15, 0.2) is 0 Å². The van der Waals surface area contributed by atoms with Gasteiger partial charge in [-0.05, 0) is 38.4 Å². The first kappa shape index (κ1) is 15.1. The number of hydrogen-bond donors (Lipinski definition) is 1. The summed E-state index contributed by atoms with van der Waals surface area (Å²) in [5.74, 6) is 0. The van der Waals surface area contributed by atoms with Crippen molar-refractivity contribution in [3.05, 3.63) is 41.1 Å². The van der Waals surface area contributed by atoms with Crippen molar-refractivity contribution in [3.8, 4) is 0 Å². The van der Waals surface area contributed by atoms with E-state index in [0.29, 0.717) is 0 Å². The van der Waals surface area contributed by atoms with E-state index in [1.807, 2.05) is 11.7 Å². The predicted octanol–water partition coefficient (Wildman–Crippen LogP) is 3.69. The molecule has 20 heavy (non-hydrogen) atoms. The number of nitrogens with zero attached hydrogens (tertiary/aromatic N) is 2. The molecule has 0 atom stereocenters. The fraction of sp³-hybridized carbons (Fsp3) is 0.438. The summed E-state index contributed by atoms with van der Waals surface area (Å²) in [5, 5.41) is 9.29. The van der Waals surface area contributed by atoms with Gasteiger partial charge >= 0.3 is 0 Å². The zero-order chi connectivity index (χ0) is 14.5. The molecular weight excluding hydrogens is 266 g/mol. The number of benzene rings is 1. The molecule has 1 aromatic carbocycles. The third kappa shape index (κ3) is 3.44. The SMILES string of the molecule is CCCNCc1c(C)nn(C)c1Sc1ccccc1C. The van der Waals surface area contributed by atoms with Gasteiger partial charge in [-0.15, -0.1) is 0 Å². The van der Waals surface area contributed by atoms with Gasteiger partial charge in [-0.25, -0.2) is 0 Å². The Morgan fingerprint density at radius 2 is 2.00 bits per heavy atom. The van der Waals surface area contributed by atoms with Crippen molar-refractivity contribution < 1.29 is 0 Å². The Balaban J connectivity index is 2.24. The van der Waals surface area contributed by atoms with Gasteiger partial charge in [0.2, 0.25) is 0 Å². The highest BCUT2D eigenvalue weighted by molar-refractivity contribution is 7.99. The smallest absolute Gasteiger partial charge is 0.103 e. The highest BCUT2D eigenvalue weighted by Gasteiger charge is 2.14. The highest BCUT2D eigenvalue weighted by atomic mass is 32.2. The molecule has 0 spiro atoms. The topological polar surface area (TPSA) is 29.9 Å². The fourth-order valence-corrected chi connectivity index (χ4v) is 3.28. The highest BCUT2D eigenvalue weighted by Crippen LogP contribution is 2.33. The van der Waals surface area contributed by atoms with Crippen molar-refractivity contribution >= 4 is 11.8 Å². The maximum absolute atomic E-state index is 4.57. The number of nitrogens with one attached hydrogen (secondary N) is 1. The Morgan fingerprint density at radius 1 is 1.25 bits per heavy atom. The first-order chi connectivity index (χ1) is 9.63. The van der Waals surface area contributed by atoms with E-state index >= 15 is 0 Å². The number of hydrogen-bond acceptors (Lipinski definition) is 3. The van der Waals surface area contributed by atoms with Crippen molar-refractivity contribution in [2.75, 3.05) is 6.54 Å². The molecule has 4 heteroatoms. The standard InChI is InChI=1S/C16H23N3S/c1-5-10-17-11-14-13(3)18-19(4)16(14)20-15-9-7-6-8-12(15)2/h6-9,17H,5,10-11H2,1-4H3. The van der Waals surface area contributed by atoms with E-state index in [9.17, 15) is 0 Å². The molecule has 1 N–H and O–H groups in total. The molecule has 0 amide bonds. The van der Waals surface area contributed by atoms with E-state index in [1.54, 1.807) is 11.8 Å². The van der Waals surface area contributed by atoms with Crippen LogP contribution in [0.25, 0.3) is 0 Å². The van der Waals surface area contributed by atoms with Gasteiger partial charge in [-0.2, -0.15) is 5.10 Å². The average Bonchev–Trinajstić information content (AvgIpc) is 2.68. The molecule has 0 unspecified atom stereocenters. The lowest BCUT2D eigenvalue weighted by Gasteiger charge is -2.09. The van der Waals surface area contributed by atoms with Crippen LogP contribution in [0.1, 0.15) is 30.2 Å². The molecule has 0 radical (unpaired) electrons. The first-order valence-corrected chi connectivity index (χ1v) is 7.91. The molecule has 0 aliphatic heterocycles. The van der Waals surface area contributed by atoms with Gasteiger partial charge in [-0.3, -0.25) is 4.68 Å². The van der Waals surface area contributed by atoms with Crippen LogP contribution in [0.4, 0.5) is 0 Å². The van der Waals surface area contributed by atoms with Crippen LogP contribution >= 0.6 is 11.8 Å². The number of aromatic nitrogens is 2. The summed E-state index contributed by atoms with van der Waals surface area (Å²) in [4.78, 5) is 1.30. The van der Waals surface area contributed by atoms with Crippen LogP contribution in [0.2, 0.25) is 0 Å². The minimum atomic E-state index is 0.891. The Kier molecular flexibility index (Phi) is 5.26.